The number of carbonyl (C=O) groups excluding carboxylic acids is 3. The molecule has 0 aliphatic heterocycles. The van der Waals surface area contributed by atoms with Crippen LogP contribution in [0.1, 0.15) is 20.7 Å². The molecule has 0 bridgehead atoms. The summed E-state index contributed by atoms with van der Waals surface area (Å²) < 4.78 is 38.2. The average Bonchev–Trinajstić information content (AvgIpc) is 2.66. The summed E-state index contributed by atoms with van der Waals surface area (Å²) in [6.07, 6.45) is 0. The molecule has 0 fully saturated rings. The summed E-state index contributed by atoms with van der Waals surface area (Å²) in [4.78, 5) is 35.7. The molecule has 2 rings (SSSR count). The summed E-state index contributed by atoms with van der Waals surface area (Å²) in [5.74, 6) is -2.26. The van der Waals surface area contributed by atoms with Crippen LogP contribution in [0, 0.1) is 0 Å². The number of hydrogen-bond acceptors (Lipinski definition) is 6. The molecule has 0 heterocycles. The van der Waals surface area contributed by atoms with Gasteiger partial charge in [0.1, 0.15) is 17.1 Å². The summed E-state index contributed by atoms with van der Waals surface area (Å²) in [7, 11) is 1.38. The third-order valence-corrected chi connectivity index (χ3v) is 3.26. The van der Waals surface area contributed by atoms with E-state index in [-0.39, 0.29) is 22.6 Å². The van der Waals surface area contributed by atoms with Gasteiger partial charge in [-0.15, -0.1) is 0 Å². The first-order valence-electron chi connectivity index (χ1n) is 7.60. The first-order valence-corrected chi connectivity index (χ1v) is 7.60. The zero-order chi connectivity index (χ0) is 19.8. The van der Waals surface area contributed by atoms with Crippen molar-refractivity contribution in [3.8, 4) is 11.5 Å². The van der Waals surface area contributed by atoms with E-state index in [1.54, 1.807) is 18.2 Å². The van der Waals surface area contributed by atoms with E-state index in [0.717, 1.165) is 12.1 Å². The fraction of sp³-hybridized carbons (Fsp3) is 0.167. The number of halogens is 2. The maximum absolute atomic E-state index is 12.1. The van der Waals surface area contributed by atoms with E-state index >= 15 is 0 Å². The van der Waals surface area contributed by atoms with Gasteiger partial charge in [-0.3, -0.25) is 14.9 Å². The molecule has 0 spiro atoms. The smallest absolute Gasteiger partial charge is 0.387 e. The number of benzene rings is 2. The normalized spacial score (nSPS) is 10.2. The maximum Gasteiger partial charge on any atom is 0.387 e. The van der Waals surface area contributed by atoms with Gasteiger partial charge in [-0.1, -0.05) is 12.1 Å². The molecule has 0 aromatic heterocycles. The van der Waals surface area contributed by atoms with Crippen molar-refractivity contribution in [2.45, 2.75) is 6.61 Å². The van der Waals surface area contributed by atoms with Crippen molar-refractivity contribution in [2.75, 3.05) is 13.7 Å². The predicted octanol–water partition coefficient (Wildman–Crippen LogP) is 2.41. The molecule has 0 saturated heterocycles. The Labute approximate surface area is 152 Å². The molecule has 1 N–H and O–H groups in total. The van der Waals surface area contributed by atoms with Crippen LogP contribution < -0.4 is 14.8 Å². The molecule has 2 amide bonds. The number of methoxy groups -OCH3 is 1. The highest BCUT2D eigenvalue weighted by Gasteiger charge is 2.16. The van der Waals surface area contributed by atoms with E-state index in [0.29, 0.717) is 0 Å². The second kappa shape index (κ2) is 9.27. The minimum absolute atomic E-state index is 0.0426. The van der Waals surface area contributed by atoms with Crippen molar-refractivity contribution >= 4 is 17.8 Å². The van der Waals surface area contributed by atoms with Crippen LogP contribution in [0.5, 0.6) is 11.5 Å². The molecule has 0 aliphatic rings. The van der Waals surface area contributed by atoms with Gasteiger partial charge in [-0.25, -0.2) is 4.79 Å². The quantitative estimate of drug-likeness (QED) is 0.743. The van der Waals surface area contributed by atoms with Crippen molar-refractivity contribution in [3.05, 3.63) is 59.7 Å². The lowest BCUT2D eigenvalue weighted by atomic mass is 10.2. The highest BCUT2D eigenvalue weighted by atomic mass is 19.3. The standard InChI is InChI=1S/C18H15F2NO6/c1-25-14-5-3-2-4-13(14)17(24)26-10-15(22)21-16(23)11-6-8-12(9-7-11)27-18(19)20/h2-9,18H,10H2,1H3,(H,21,22,23). The number of esters is 1. The monoisotopic (exact) mass is 379 g/mol. The molecule has 2 aromatic carbocycles. The van der Waals surface area contributed by atoms with Crippen LogP contribution in [0.25, 0.3) is 0 Å². The minimum atomic E-state index is -2.98. The van der Waals surface area contributed by atoms with Crippen molar-refractivity contribution < 1.29 is 37.4 Å². The Kier molecular flexibility index (Phi) is 6.81. The van der Waals surface area contributed by atoms with Gasteiger partial charge >= 0.3 is 12.6 Å². The molecule has 7 nitrogen and oxygen atoms in total. The minimum Gasteiger partial charge on any atom is -0.496 e. The lowest BCUT2D eigenvalue weighted by molar-refractivity contribution is -0.123. The summed E-state index contributed by atoms with van der Waals surface area (Å²) in [6, 6.07) is 11.0. The Balaban J connectivity index is 1.88. The van der Waals surface area contributed by atoms with Gasteiger partial charge in [0.2, 0.25) is 0 Å². The van der Waals surface area contributed by atoms with Gasteiger partial charge in [0.25, 0.3) is 11.8 Å². The zero-order valence-corrected chi connectivity index (χ0v) is 14.1. The first kappa shape index (κ1) is 19.8. The van der Waals surface area contributed by atoms with Crippen LogP contribution in [-0.4, -0.2) is 38.1 Å². The Bertz CT molecular complexity index is 823. The largest absolute Gasteiger partial charge is 0.496 e. The number of carbonyl (C=O) groups is 3. The molecule has 2 aromatic rings. The van der Waals surface area contributed by atoms with Crippen LogP contribution in [0.4, 0.5) is 8.78 Å². The van der Waals surface area contributed by atoms with Crippen LogP contribution in [0.3, 0.4) is 0 Å². The van der Waals surface area contributed by atoms with Crippen molar-refractivity contribution in [3.63, 3.8) is 0 Å². The van der Waals surface area contributed by atoms with Crippen LogP contribution >= 0.6 is 0 Å². The van der Waals surface area contributed by atoms with E-state index in [1.165, 1.54) is 25.3 Å². The van der Waals surface area contributed by atoms with Crippen LogP contribution in [-0.2, 0) is 9.53 Å². The predicted molar refractivity (Wildman–Crippen MR) is 88.8 cm³/mol. The summed E-state index contributed by atoms with van der Waals surface area (Å²) >= 11 is 0. The second-order valence-corrected chi connectivity index (χ2v) is 5.06. The van der Waals surface area contributed by atoms with Gasteiger partial charge in [0.05, 0.1) is 7.11 Å². The summed E-state index contributed by atoms with van der Waals surface area (Å²) in [6.45, 7) is -3.67. The molecule has 142 valence electrons. The van der Waals surface area contributed by atoms with E-state index in [2.05, 4.69) is 4.74 Å². The third kappa shape index (κ3) is 5.77. The fourth-order valence-corrected chi connectivity index (χ4v) is 2.04. The van der Waals surface area contributed by atoms with E-state index < -0.39 is 31.0 Å². The topological polar surface area (TPSA) is 90.9 Å². The van der Waals surface area contributed by atoms with Crippen LogP contribution in [0.2, 0.25) is 0 Å². The van der Waals surface area contributed by atoms with Crippen molar-refractivity contribution in [2.24, 2.45) is 0 Å². The number of hydrogen-bond donors (Lipinski definition) is 1. The van der Waals surface area contributed by atoms with Crippen molar-refractivity contribution in [1.29, 1.82) is 0 Å². The number of amides is 2. The molecular formula is C18H15F2NO6. The molecule has 0 aliphatic carbocycles. The highest BCUT2D eigenvalue weighted by Crippen LogP contribution is 2.18. The molecule has 0 saturated carbocycles. The lowest BCUT2D eigenvalue weighted by Crippen LogP contribution is -2.34. The second-order valence-electron chi connectivity index (χ2n) is 5.06. The van der Waals surface area contributed by atoms with E-state index in [4.69, 9.17) is 9.47 Å². The maximum atomic E-state index is 12.1. The third-order valence-electron chi connectivity index (χ3n) is 3.26. The number of rotatable bonds is 7. The molecule has 0 unspecified atom stereocenters. The SMILES string of the molecule is COc1ccccc1C(=O)OCC(=O)NC(=O)c1ccc(OC(F)F)cc1. The van der Waals surface area contributed by atoms with Crippen LogP contribution in [0.15, 0.2) is 48.5 Å². The number of imide groups is 1. The summed E-state index contributed by atoms with van der Waals surface area (Å²) in [5.41, 5.74) is 0.176. The van der Waals surface area contributed by atoms with Gasteiger partial charge < -0.3 is 14.2 Å². The Hall–Kier alpha value is -3.49. The van der Waals surface area contributed by atoms with E-state index in [1.807, 2.05) is 5.32 Å². The molecule has 0 radical (unpaired) electrons. The number of nitrogens with one attached hydrogen (secondary N) is 1. The Morgan fingerprint density at radius 1 is 1.04 bits per heavy atom. The fourth-order valence-electron chi connectivity index (χ4n) is 2.04. The number of ether oxygens (including phenoxy) is 3. The molecule has 0 atom stereocenters. The highest BCUT2D eigenvalue weighted by molar-refractivity contribution is 6.05. The average molecular weight is 379 g/mol. The van der Waals surface area contributed by atoms with Gasteiger partial charge in [-0.05, 0) is 36.4 Å². The Morgan fingerprint density at radius 2 is 1.70 bits per heavy atom. The number of alkyl halides is 2. The summed E-state index contributed by atoms with van der Waals surface area (Å²) in [5, 5.41) is 2.02. The first-order chi connectivity index (χ1) is 12.9. The lowest BCUT2D eigenvalue weighted by Gasteiger charge is -2.09. The van der Waals surface area contributed by atoms with Crippen molar-refractivity contribution in [1.82, 2.24) is 5.32 Å². The molecule has 27 heavy (non-hydrogen) atoms. The molecular weight excluding hydrogens is 364 g/mol. The Morgan fingerprint density at radius 3 is 2.33 bits per heavy atom. The van der Waals surface area contributed by atoms with Gasteiger partial charge in [0, 0.05) is 5.56 Å². The van der Waals surface area contributed by atoms with Gasteiger partial charge in [-0.2, -0.15) is 8.78 Å². The van der Waals surface area contributed by atoms with E-state index in [9.17, 15) is 23.2 Å². The zero-order valence-electron chi connectivity index (χ0n) is 14.1. The number of para-hydroxylation sites is 1. The molecule has 9 heteroatoms. The van der Waals surface area contributed by atoms with Gasteiger partial charge in [0.15, 0.2) is 6.61 Å².